The minimum absolute atomic E-state index is 0.436. The zero-order valence-corrected chi connectivity index (χ0v) is 14.5. The fraction of sp³-hybridized carbons (Fsp3) is 0.444. The fourth-order valence-electron chi connectivity index (χ4n) is 2.63. The molecule has 1 saturated heterocycles. The van der Waals surface area contributed by atoms with Crippen LogP contribution in [0.5, 0.6) is 0 Å². The molecule has 0 saturated carbocycles. The maximum Gasteiger partial charge on any atom is 0.162 e. The van der Waals surface area contributed by atoms with E-state index >= 15 is 0 Å². The highest BCUT2D eigenvalue weighted by atomic mass is 16.5. The number of ether oxygens (including phenoxy) is 1. The number of amidine groups is 1. The van der Waals surface area contributed by atoms with Gasteiger partial charge >= 0.3 is 0 Å². The molecule has 0 bridgehead atoms. The first-order chi connectivity index (χ1) is 11.6. The van der Waals surface area contributed by atoms with Crippen molar-refractivity contribution in [3.8, 4) is 0 Å². The molecule has 0 radical (unpaired) electrons. The molecular formula is C18H27N5O. The van der Waals surface area contributed by atoms with Gasteiger partial charge in [0.2, 0.25) is 0 Å². The van der Waals surface area contributed by atoms with Gasteiger partial charge in [-0.25, -0.2) is 9.98 Å². The molecule has 0 aromatic heterocycles. The number of nitrogens with one attached hydrogen (secondary N) is 1. The summed E-state index contributed by atoms with van der Waals surface area (Å²) in [5, 5.41) is 3.45. The van der Waals surface area contributed by atoms with Gasteiger partial charge in [-0.3, -0.25) is 0 Å². The van der Waals surface area contributed by atoms with Crippen molar-refractivity contribution in [1.29, 1.82) is 0 Å². The molecule has 1 aliphatic rings. The SMILES string of the molecule is C=N/C(=N\C(N)=C/CNC1CCOCC1)c1ccccc1N(C)C. The van der Waals surface area contributed by atoms with E-state index in [2.05, 4.69) is 22.0 Å². The number of rotatable bonds is 6. The van der Waals surface area contributed by atoms with E-state index in [0.29, 0.717) is 24.2 Å². The second-order valence-corrected chi connectivity index (χ2v) is 5.93. The van der Waals surface area contributed by atoms with Gasteiger partial charge in [-0.1, -0.05) is 12.1 Å². The summed E-state index contributed by atoms with van der Waals surface area (Å²) >= 11 is 0. The Kier molecular flexibility index (Phi) is 6.96. The number of benzene rings is 1. The summed E-state index contributed by atoms with van der Waals surface area (Å²) in [5.41, 5.74) is 7.97. The Morgan fingerprint density at radius 2 is 2.08 bits per heavy atom. The fourth-order valence-corrected chi connectivity index (χ4v) is 2.63. The second kappa shape index (κ2) is 9.20. The normalized spacial score (nSPS) is 16.9. The zero-order valence-electron chi connectivity index (χ0n) is 14.5. The first-order valence-electron chi connectivity index (χ1n) is 8.20. The monoisotopic (exact) mass is 329 g/mol. The summed E-state index contributed by atoms with van der Waals surface area (Å²) in [5.74, 6) is 0.963. The number of nitrogens with two attached hydrogens (primary N) is 1. The summed E-state index contributed by atoms with van der Waals surface area (Å²) in [6, 6.07) is 8.41. The van der Waals surface area contributed by atoms with E-state index in [9.17, 15) is 0 Å². The third-order valence-electron chi connectivity index (χ3n) is 3.95. The lowest BCUT2D eigenvalue weighted by atomic mass is 10.1. The summed E-state index contributed by atoms with van der Waals surface area (Å²) in [6.45, 7) is 5.95. The molecular weight excluding hydrogens is 302 g/mol. The van der Waals surface area contributed by atoms with Crippen molar-refractivity contribution in [2.45, 2.75) is 18.9 Å². The predicted octanol–water partition coefficient (Wildman–Crippen LogP) is 1.77. The number of anilines is 1. The van der Waals surface area contributed by atoms with Gasteiger partial charge in [0, 0.05) is 51.1 Å². The predicted molar refractivity (Wildman–Crippen MR) is 101 cm³/mol. The lowest BCUT2D eigenvalue weighted by Gasteiger charge is -2.22. The van der Waals surface area contributed by atoms with Crippen LogP contribution in [0.4, 0.5) is 5.69 Å². The first kappa shape index (κ1) is 18.2. The number of nitrogens with zero attached hydrogens (tertiary/aromatic N) is 3. The lowest BCUT2D eigenvalue weighted by Crippen LogP contribution is -2.35. The van der Waals surface area contributed by atoms with Crippen LogP contribution in [-0.4, -0.2) is 52.4 Å². The smallest absolute Gasteiger partial charge is 0.162 e. The van der Waals surface area contributed by atoms with Gasteiger partial charge in [0.25, 0.3) is 0 Å². The number of hydrogen-bond donors (Lipinski definition) is 2. The van der Waals surface area contributed by atoms with Crippen molar-refractivity contribution in [1.82, 2.24) is 5.32 Å². The Bertz CT molecular complexity index is 603. The molecule has 0 unspecified atom stereocenters. The van der Waals surface area contributed by atoms with Crippen LogP contribution in [0.1, 0.15) is 18.4 Å². The highest BCUT2D eigenvalue weighted by molar-refractivity contribution is 6.06. The second-order valence-electron chi connectivity index (χ2n) is 5.93. The van der Waals surface area contributed by atoms with Crippen molar-refractivity contribution >= 4 is 18.2 Å². The van der Waals surface area contributed by atoms with E-state index in [1.54, 1.807) is 0 Å². The van der Waals surface area contributed by atoms with Crippen molar-refractivity contribution in [3.63, 3.8) is 0 Å². The molecule has 24 heavy (non-hydrogen) atoms. The van der Waals surface area contributed by atoms with E-state index < -0.39 is 0 Å². The zero-order chi connectivity index (χ0) is 17.4. The van der Waals surface area contributed by atoms with E-state index in [0.717, 1.165) is 37.3 Å². The van der Waals surface area contributed by atoms with Crippen molar-refractivity contribution in [3.05, 3.63) is 41.7 Å². The van der Waals surface area contributed by atoms with E-state index in [1.165, 1.54) is 0 Å². The third-order valence-corrected chi connectivity index (χ3v) is 3.95. The molecule has 1 heterocycles. The van der Waals surface area contributed by atoms with Crippen LogP contribution >= 0.6 is 0 Å². The molecule has 6 nitrogen and oxygen atoms in total. The quantitative estimate of drug-likeness (QED) is 0.616. The number of hydrogen-bond acceptors (Lipinski definition) is 5. The van der Waals surface area contributed by atoms with Crippen LogP contribution in [0.25, 0.3) is 0 Å². The van der Waals surface area contributed by atoms with Gasteiger partial charge in [0.15, 0.2) is 5.84 Å². The maximum atomic E-state index is 6.04. The summed E-state index contributed by atoms with van der Waals surface area (Å²) in [4.78, 5) is 10.5. The minimum Gasteiger partial charge on any atom is -0.384 e. The molecule has 0 atom stereocenters. The molecule has 1 fully saturated rings. The Morgan fingerprint density at radius 3 is 2.75 bits per heavy atom. The maximum absolute atomic E-state index is 6.04. The third kappa shape index (κ3) is 5.18. The molecule has 6 heteroatoms. The molecule has 0 spiro atoms. The van der Waals surface area contributed by atoms with Crippen LogP contribution in [0.3, 0.4) is 0 Å². The molecule has 130 valence electrons. The van der Waals surface area contributed by atoms with Crippen LogP contribution in [0.2, 0.25) is 0 Å². The Labute approximate surface area is 144 Å². The first-order valence-corrected chi connectivity index (χ1v) is 8.20. The minimum atomic E-state index is 0.436. The molecule has 0 amide bonds. The van der Waals surface area contributed by atoms with Crippen LogP contribution in [0, 0.1) is 0 Å². The highest BCUT2D eigenvalue weighted by Gasteiger charge is 2.12. The summed E-state index contributed by atoms with van der Waals surface area (Å²) in [7, 11) is 3.97. The van der Waals surface area contributed by atoms with Crippen LogP contribution < -0.4 is 16.0 Å². The van der Waals surface area contributed by atoms with Gasteiger partial charge in [0.05, 0.1) is 0 Å². The van der Waals surface area contributed by atoms with Gasteiger partial charge < -0.3 is 20.7 Å². The van der Waals surface area contributed by atoms with Crippen molar-refractivity contribution < 1.29 is 4.74 Å². The average Bonchev–Trinajstić information content (AvgIpc) is 2.60. The van der Waals surface area contributed by atoms with Crippen LogP contribution in [-0.2, 0) is 4.74 Å². The average molecular weight is 329 g/mol. The van der Waals surface area contributed by atoms with E-state index in [-0.39, 0.29) is 0 Å². The highest BCUT2D eigenvalue weighted by Crippen LogP contribution is 2.19. The molecule has 1 aromatic rings. The Hall–Kier alpha value is -2.18. The van der Waals surface area contributed by atoms with Gasteiger partial charge in [-0.15, -0.1) is 0 Å². The van der Waals surface area contributed by atoms with Crippen LogP contribution in [0.15, 0.2) is 46.1 Å². The Morgan fingerprint density at radius 1 is 1.38 bits per heavy atom. The topological polar surface area (TPSA) is 75.2 Å². The van der Waals surface area contributed by atoms with Gasteiger partial charge in [-0.2, -0.15) is 0 Å². The standard InChI is InChI=1S/C18H27N5O/c1-20-18(15-6-4-5-7-16(15)23(2)3)22-17(19)8-11-21-14-9-12-24-13-10-14/h4-8,14,21H,1,9-13,19H2,2-3H3/b17-8-,22-18-. The lowest BCUT2D eigenvalue weighted by molar-refractivity contribution is 0.0789. The molecule has 1 aliphatic heterocycles. The largest absolute Gasteiger partial charge is 0.384 e. The van der Waals surface area contributed by atoms with Crippen molar-refractivity contribution in [2.24, 2.45) is 15.7 Å². The van der Waals surface area contributed by atoms with E-state index in [4.69, 9.17) is 10.5 Å². The Balaban J connectivity index is 2.06. The summed E-state index contributed by atoms with van der Waals surface area (Å²) < 4.78 is 5.35. The van der Waals surface area contributed by atoms with Gasteiger partial charge in [0.1, 0.15) is 5.82 Å². The molecule has 3 N–H and O–H groups in total. The molecule has 1 aromatic carbocycles. The molecule has 2 rings (SSSR count). The van der Waals surface area contributed by atoms with E-state index in [1.807, 2.05) is 49.3 Å². The molecule has 0 aliphatic carbocycles. The number of para-hydroxylation sites is 1. The van der Waals surface area contributed by atoms with Crippen molar-refractivity contribution in [2.75, 3.05) is 38.8 Å². The summed E-state index contributed by atoms with van der Waals surface area (Å²) in [6.07, 6.45) is 3.94. The number of aliphatic imine (C=N–C) groups is 2. The van der Waals surface area contributed by atoms with Gasteiger partial charge in [-0.05, 0) is 37.8 Å².